The minimum absolute atomic E-state index is 0.0746. The number of nitrogens with one attached hydrogen (secondary N) is 2. The molecule has 2 N–H and O–H groups in total. The van der Waals surface area contributed by atoms with Gasteiger partial charge in [0.15, 0.2) is 5.76 Å². The van der Waals surface area contributed by atoms with Crippen molar-refractivity contribution >= 4 is 39.3 Å². The first kappa shape index (κ1) is 21.4. The normalized spacial score (nSPS) is 21.4. The summed E-state index contributed by atoms with van der Waals surface area (Å²) in [6.07, 6.45) is 4.71. The fourth-order valence-corrected chi connectivity index (χ4v) is 6.69. The number of likely N-dealkylation sites (tertiary alicyclic amines) is 1. The number of fused-ring (bicyclic) bond motifs is 3. The Hall–Kier alpha value is -4.65. The van der Waals surface area contributed by atoms with Crippen LogP contribution in [0.15, 0.2) is 77.0 Å². The largest absolute Gasteiger partial charge is 0.453 e. The van der Waals surface area contributed by atoms with Crippen LogP contribution in [0.5, 0.6) is 0 Å². The van der Waals surface area contributed by atoms with Gasteiger partial charge in [0.25, 0.3) is 5.91 Å². The second-order valence-corrected chi connectivity index (χ2v) is 10.8. The van der Waals surface area contributed by atoms with Crippen molar-refractivity contribution in [2.45, 2.75) is 25.2 Å². The number of amides is 1. The first-order chi connectivity index (χ1) is 18.4. The Morgan fingerprint density at radius 1 is 1.11 bits per heavy atom. The van der Waals surface area contributed by atoms with Crippen LogP contribution in [0.25, 0.3) is 21.9 Å². The van der Waals surface area contributed by atoms with Gasteiger partial charge in [0.05, 0.1) is 5.69 Å². The van der Waals surface area contributed by atoms with E-state index in [0.29, 0.717) is 35.2 Å². The zero-order valence-electron chi connectivity index (χ0n) is 20.6. The summed E-state index contributed by atoms with van der Waals surface area (Å²) >= 11 is 0. The monoisotopic (exact) mass is 501 g/mol. The summed E-state index contributed by atoms with van der Waals surface area (Å²) in [6.45, 7) is 2.63. The number of hydrogen-bond acceptors (Lipinski definition) is 4. The molecule has 2 unspecified atom stereocenters. The number of H-pyrrole nitrogens is 2. The molecule has 38 heavy (non-hydrogen) atoms. The lowest BCUT2D eigenvalue weighted by Gasteiger charge is -2.28. The van der Waals surface area contributed by atoms with Crippen LogP contribution in [-0.4, -0.2) is 38.9 Å². The third-order valence-corrected chi connectivity index (χ3v) is 8.52. The standard InChI is InChI=1S/C31H23N3O4/c1-16-14-32-29-24(36)12-27-31(28(16)29)13-20(31)15-34(27)30(37)22-10-19-8-17(6-7-21(19)33-22)9-23(35)26-11-18-4-2-3-5-25(18)38-26/h2-8,10-12,14,20,32-33H,9,13,15H2,1H3. The maximum absolute atomic E-state index is 13.7. The van der Waals surface area contributed by atoms with Gasteiger partial charge >= 0.3 is 0 Å². The molecule has 3 aromatic heterocycles. The topological polar surface area (TPSA) is 99.2 Å². The molecule has 4 heterocycles. The maximum Gasteiger partial charge on any atom is 0.274 e. The summed E-state index contributed by atoms with van der Waals surface area (Å²) in [4.78, 5) is 47.6. The highest BCUT2D eigenvalue weighted by Gasteiger charge is 2.68. The van der Waals surface area contributed by atoms with Crippen LogP contribution < -0.4 is 0 Å². The fraction of sp³-hybridized carbons (Fsp3) is 0.194. The van der Waals surface area contributed by atoms with E-state index in [9.17, 15) is 14.4 Å². The lowest BCUT2D eigenvalue weighted by Crippen LogP contribution is -2.34. The first-order valence-electron chi connectivity index (χ1n) is 12.8. The van der Waals surface area contributed by atoms with Crippen molar-refractivity contribution in [3.63, 3.8) is 0 Å². The molecule has 1 amide bonds. The molecule has 0 radical (unpaired) electrons. The summed E-state index contributed by atoms with van der Waals surface area (Å²) in [5.74, 6) is 0.369. The molecule has 3 aliphatic rings. The predicted octanol–water partition coefficient (Wildman–Crippen LogP) is 5.47. The SMILES string of the molecule is Cc1c[nH]c2c1C13CC1CN(C(=O)c1cc4cc(CC(=O)c5cc6ccccc6o5)ccc4[nH]1)C3=CC2=O. The molecule has 1 aliphatic heterocycles. The molecule has 8 rings (SSSR count). The van der Waals surface area contributed by atoms with Crippen LogP contribution in [0.3, 0.4) is 0 Å². The van der Waals surface area contributed by atoms with Crippen molar-refractivity contribution in [2.75, 3.05) is 6.54 Å². The number of benzene rings is 2. The van der Waals surface area contributed by atoms with Gasteiger partial charge in [0.2, 0.25) is 11.6 Å². The number of Topliss-reactive ketones (excluding diaryl/α,β-unsaturated/α-hetero) is 1. The number of rotatable bonds is 4. The molecule has 7 heteroatoms. The van der Waals surface area contributed by atoms with Crippen LogP contribution in [0, 0.1) is 12.8 Å². The molecular formula is C31H23N3O4. The number of carbonyl (C=O) groups is 3. The van der Waals surface area contributed by atoms with Gasteiger partial charge < -0.3 is 19.3 Å². The van der Waals surface area contributed by atoms with Crippen molar-refractivity contribution in [3.8, 4) is 0 Å². The minimum Gasteiger partial charge on any atom is -0.453 e. The number of aromatic amines is 2. The Balaban J connectivity index is 1.07. The summed E-state index contributed by atoms with van der Waals surface area (Å²) in [5.41, 5.74) is 6.24. The van der Waals surface area contributed by atoms with E-state index in [4.69, 9.17) is 4.42 Å². The number of nitrogens with zero attached hydrogens (tertiary/aromatic N) is 1. The third kappa shape index (κ3) is 2.81. The number of hydrogen-bond donors (Lipinski definition) is 2. The van der Waals surface area contributed by atoms with E-state index in [-0.39, 0.29) is 29.3 Å². The van der Waals surface area contributed by atoms with Crippen molar-refractivity contribution in [1.82, 2.24) is 14.9 Å². The van der Waals surface area contributed by atoms with Gasteiger partial charge in [-0.15, -0.1) is 0 Å². The van der Waals surface area contributed by atoms with E-state index in [1.807, 2.05) is 61.7 Å². The quantitative estimate of drug-likeness (QED) is 0.319. The van der Waals surface area contributed by atoms with Gasteiger partial charge in [-0.3, -0.25) is 14.4 Å². The number of furan rings is 1. The van der Waals surface area contributed by atoms with Crippen LogP contribution in [0.1, 0.15) is 54.6 Å². The Morgan fingerprint density at radius 3 is 2.84 bits per heavy atom. The number of piperidine rings is 1. The molecular weight excluding hydrogens is 478 g/mol. The molecule has 5 aromatic rings. The molecule has 7 nitrogen and oxygen atoms in total. The van der Waals surface area contributed by atoms with Gasteiger partial charge in [0, 0.05) is 52.6 Å². The van der Waals surface area contributed by atoms with E-state index in [0.717, 1.165) is 45.1 Å². The number of carbonyl (C=O) groups excluding carboxylic acids is 3. The lowest BCUT2D eigenvalue weighted by molar-refractivity contribution is 0.0806. The van der Waals surface area contributed by atoms with E-state index >= 15 is 0 Å². The summed E-state index contributed by atoms with van der Waals surface area (Å²) in [7, 11) is 0. The molecule has 2 aromatic carbocycles. The molecule has 2 fully saturated rings. The Labute approximate surface area is 217 Å². The number of aromatic nitrogens is 2. The van der Waals surface area contributed by atoms with Gasteiger partial charge in [-0.05, 0) is 66.3 Å². The van der Waals surface area contributed by atoms with Crippen LogP contribution in [0.4, 0.5) is 0 Å². The highest BCUT2D eigenvalue weighted by atomic mass is 16.3. The summed E-state index contributed by atoms with van der Waals surface area (Å²) in [5, 5.41) is 1.76. The minimum atomic E-state index is -0.223. The highest BCUT2D eigenvalue weighted by molar-refractivity contribution is 6.09. The van der Waals surface area contributed by atoms with Gasteiger partial charge in [0.1, 0.15) is 11.3 Å². The van der Waals surface area contributed by atoms with Crippen molar-refractivity contribution in [3.05, 3.63) is 106 Å². The predicted molar refractivity (Wildman–Crippen MR) is 141 cm³/mol. The third-order valence-electron chi connectivity index (χ3n) is 8.52. The molecule has 0 bridgehead atoms. The molecule has 1 saturated carbocycles. The molecule has 2 aliphatic carbocycles. The smallest absolute Gasteiger partial charge is 0.274 e. The summed E-state index contributed by atoms with van der Waals surface area (Å²) in [6, 6.07) is 16.9. The van der Waals surface area contributed by atoms with E-state index in [1.54, 1.807) is 17.0 Å². The van der Waals surface area contributed by atoms with Crippen LogP contribution >= 0.6 is 0 Å². The molecule has 1 spiro atoms. The zero-order valence-corrected chi connectivity index (χ0v) is 20.6. The Bertz CT molecular complexity index is 1870. The van der Waals surface area contributed by atoms with Gasteiger partial charge in [-0.25, -0.2) is 0 Å². The molecule has 186 valence electrons. The van der Waals surface area contributed by atoms with Crippen molar-refractivity contribution in [2.24, 2.45) is 5.92 Å². The number of para-hydroxylation sites is 1. The number of allylic oxidation sites excluding steroid dienone is 2. The van der Waals surface area contributed by atoms with Crippen molar-refractivity contribution in [1.29, 1.82) is 0 Å². The number of aryl methyl sites for hydroxylation is 1. The summed E-state index contributed by atoms with van der Waals surface area (Å²) < 4.78 is 5.73. The first-order valence-corrected chi connectivity index (χ1v) is 12.8. The molecule has 1 saturated heterocycles. The van der Waals surface area contributed by atoms with E-state index < -0.39 is 0 Å². The average molecular weight is 502 g/mol. The van der Waals surface area contributed by atoms with E-state index in [1.165, 1.54) is 0 Å². The lowest BCUT2D eigenvalue weighted by atomic mass is 9.83. The average Bonchev–Trinajstić information content (AvgIpc) is 3.37. The second-order valence-electron chi connectivity index (χ2n) is 10.8. The van der Waals surface area contributed by atoms with E-state index in [2.05, 4.69) is 9.97 Å². The van der Waals surface area contributed by atoms with Crippen LogP contribution in [0.2, 0.25) is 0 Å². The Kier molecular flexibility index (Phi) is 4.07. The van der Waals surface area contributed by atoms with Crippen LogP contribution in [-0.2, 0) is 11.8 Å². The number of ketones is 2. The Morgan fingerprint density at radius 2 is 1.97 bits per heavy atom. The second kappa shape index (κ2) is 7.22. The van der Waals surface area contributed by atoms with Gasteiger partial charge in [-0.2, -0.15) is 0 Å². The van der Waals surface area contributed by atoms with Crippen molar-refractivity contribution < 1.29 is 18.8 Å². The maximum atomic E-state index is 13.7. The van der Waals surface area contributed by atoms with Gasteiger partial charge in [-0.1, -0.05) is 24.3 Å². The molecule has 2 atom stereocenters. The fourth-order valence-electron chi connectivity index (χ4n) is 6.69. The zero-order chi connectivity index (χ0) is 25.8. The highest BCUT2D eigenvalue weighted by Crippen LogP contribution is 2.67.